The summed E-state index contributed by atoms with van der Waals surface area (Å²) in [5.74, 6) is -0.219. The number of hydroxylamine groups is 1. The molecule has 1 aliphatic carbocycles. The summed E-state index contributed by atoms with van der Waals surface area (Å²) in [6.45, 7) is 1.37. The topological polar surface area (TPSA) is 155 Å². The number of hydrogen-bond donors (Lipinski definition) is 4. The molecule has 3 fully saturated rings. The molecule has 3 heterocycles. The number of fused-ring (bicyclic) bond motifs is 3. The number of nitriles is 2. The number of ether oxygens (including phenoxy) is 1. The minimum absolute atomic E-state index is 0.0821. The second kappa shape index (κ2) is 13.9. The summed E-state index contributed by atoms with van der Waals surface area (Å²) >= 11 is 0. The third-order valence-corrected chi connectivity index (χ3v) is 9.23. The molecule has 3 aliphatic rings. The largest absolute Gasteiger partial charge is 0.504 e. The molecular weight excluding hydrogens is 611 g/mol. The molecular formula is C37H33FN6O4. The van der Waals surface area contributed by atoms with Crippen LogP contribution in [0.3, 0.4) is 0 Å². The van der Waals surface area contributed by atoms with Crippen molar-refractivity contribution >= 4 is 17.8 Å². The number of rotatable bonds is 9. The Bertz CT molecular complexity index is 1970. The molecule has 2 bridgehead atoms. The maximum absolute atomic E-state index is 15.0. The van der Waals surface area contributed by atoms with Crippen LogP contribution in [-0.2, 0) is 11.3 Å². The number of phenolic OH excluding ortho intramolecular Hbond substituents is 1. The quantitative estimate of drug-likeness (QED) is 0.102. The maximum Gasteiger partial charge on any atom is 0.267 e. The van der Waals surface area contributed by atoms with E-state index < -0.39 is 11.7 Å². The minimum Gasteiger partial charge on any atom is -0.504 e. The lowest BCUT2D eigenvalue weighted by molar-refractivity contribution is -0.124. The number of aromatic hydroxyl groups is 1. The number of pyridine rings is 1. The molecule has 0 spiro atoms. The van der Waals surface area contributed by atoms with Crippen LogP contribution in [0.25, 0.3) is 28.3 Å². The summed E-state index contributed by atoms with van der Waals surface area (Å²) in [4.78, 5) is 18.3. The predicted molar refractivity (Wildman–Crippen MR) is 177 cm³/mol. The lowest BCUT2D eigenvalue weighted by Crippen LogP contribution is -2.58. The molecule has 10 nitrogen and oxygen atoms in total. The van der Waals surface area contributed by atoms with E-state index in [1.165, 1.54) is 31.4 Å². The van der Waals surface area contributed by atoms with Gasteiger partial charge in [0.2, 0.25) is 0 Å². The van der Waals surface area contributed by atoms with E-state index in [4.69, 9.17) is 14.9 Å². The zero-order valence-corrected chi connectivity index (χ0v) is 26.2. The Balaban J connectivity index is 1.27. The number of hydrogen-bond acceptors (Lipinski definition) is 9. The fraction of sp³-hybridized carbons (Fsp3) is 0.243. The van der Waals surface area contributed by atoms with Gasteiger partial charge in [-0.05, 0) is 77.8 Å². The van der Waals surface area contributed by atoms with Gasteiger partial charge in [0.25, 0.3) is 5.91 Å². The van der Waals surface area contributed by atoms with Gasteiger partial charge in [-0.1, -0.05) is 36.4 Å². The monoisotopic (exact) mass is 644 g/mol. The predicted octanol–water partition coefficient (Wildman–Crippen LogP) is 5.68. The average molecular weight is 645 g/mol. The fourth-order valence-corrected chi connectivity index (χ4v) is 6.79. The normalized spacial score (nSPS) is 18.4. The third-order valence-electron chi connectivity index (χ3n) is 9.23. The molecule has 2 saturated heterocycles. The van der Waals surface area contributed by atoms with E-state index in [1.54, 1.807) is 36.0 Å². The Morgan fingerprint density at radius 2 is 1.90 bits per heavy atom. The number of amides is 1. The Morgan fingerprint density at radius 3 is 2.54 bits per heavy atom. The van der Waals surface area contributed by atoms with Gasteiger partial charge < -0.3 is 20.1 Å². The highest BCUT2D eigenvalue weighted by Gasteiger charge is 2.42. The van der Waals surface area contributed by atoms with Gasteiger partial charge in [0.1, 0.15) is 29.3 Å². The summed E-state index contributed by atoms with van der Waals surface area (Å²) < 4.78 is 20.2. The van der Waals surface area contributed by atoms with Gasteiger partial charge in [-0.15, -0.1) is 0 Å². The van der Waals surface area contributed by atoms with Gasteiger partial charge in [-0.3, -0.25) is 10.0 Å². The van der Waals surface area contributed by atoms with Crippen LogP contribution in [-0.4, -0.2) is 46.9 Å². The zero-order valence-electron chi connectivity index (χ0n) is 26.2. The van der Waals surface area contributed by atoms with Gasteiger partial charge in [-0.2, -0.15) is 10.5 Å². The van der Waals surface area contributed by atoms with Crippen LogP contribution >= 0.6 is 0 Å². The SMILES string of the molecule is COc1ccc(-c2cnc(N3CC4CCC3CC4NCc3ccc(/C=C/C(=O)NO)cc3)c(C#N)c2-c2ccc(C#N)c(F)c2)cc1O. The lowest BCUT2D eigenvalue weighted by Gasteiger charge is -2.50. The molecule has 48 heavy (non-hydrogen) atoms. The molecule has 0 radical (unpaired) electrons. The van der Waals surface area contributed by atoms with Crippen molar-refractivity contribution in [1.29, 1.82) is 10.5 Å². The first kappa shape index (κ1) is 32.2. The summed E-state index contributed by atoms with van der Waals surface area (Å²) in [5, 5.41) is 42.8. The standard InChI is InChI=1S/C37H33FN6O4/c1-48-34-12-10-24(15-33(34)45)30-20-42-37(29(18-40)36(30)25-7-8-26(17-39)31(38)14-25)44-21-27-9-11-28(44)16-32(27)41-19-23-4-2-22(3-5-23)6-13-35(46)43-47/h2-8,10,12-15,20,27-28,32,41,45,47H,9,11,16,19,21H2,1H3,(H,43,46)/b13-6+. The van der Waals surface area contributed by atoms with Crippen LogP contribution in [0.15, 0.2) is 72.9 Å². The maximum atomic E-state index is 15.0. The smallest absolute Gasteiger partial charge is 0.267 e. The number of halogens is 1. The molecule has 4 aromatic rings. The highest BCUT2D eigenvalue weighted by Crippen LogP contribution is 2.44. The van der Waals surface area contributed by atoms with E-state index in [-0.39, 0.29) is 23.4 Å². The molecule has 1 amide bonds. The molecule has 7 rings (SSSR count). The van der Waals surface area contributed by atoms with Crippen LogP contribution in [0.4, 0.5) is 10.2 Å². The number of methoxy groups -OCH3 is 1. The van der Waals surface area contributed by atoms with E-state index in [9.17, 15) is 24.8 Å². The summed E-state index contributed by atoms with van der Waals surface area (Å²) in [7, 11) is 1.46. The average Bonchev–Trinajstić information content (AvgIpc) is 3.12. The summed E-state index contributed by atoms with van der Waals surface area (Å²) in [6.07, 6.45) is 7.39. The molecule has 3 unspecified atom stereocenters. The van der Waals surface area contributed by atoms with E-state index in [0.717, 1.165) is 30.4 Å². The summed E-state index contributed by atoms with van der Waals surface area (Å²) in [5.41, 5.74) is 5.74. The van der Waals surface area contributed by atoms with E-state index in [2.05, 4.69) is 16.3 Å². The number of nitrogens with zero attached hydrogens (tertiary/aromatic N) is 4. The van der Waals surface area contributed by atoms with Gasteiger partial charge in [0.05, 0.1) is 12.7 Å². The molecule has 2 aliphatic heterocycles. The van der Waals surface area contributed by atoms with Crippen LogP contribution in [0.1, 0.15) is 41.5 Å². The second-order valence-corrected chi connectivity index (χ2v) is 12.0. The molecule has 3 atom stereocenters. The Hall–Kier alpha value is -5.75. The zero-order chi connectivity index (χ0) is 33.8. The number of piperidine rings is 2. The Morgan fingerprint density at radius 1 is 1.10 bits per heavy atom. The van der Waals surface area contributed by atoms with Gasteiger partial charge in [0, 0.05) is 48.6 Å². The highest BCUT2D eigenvalue weighted by atomic mass is 19.1. The third kappa shape index (κ3) is 6.42. The van der Waals surface area contributed by atoms with Crippen LogP contribution in [0.2, 0.25) is 0 Å². The van der Waals surface area contributed by atoms with E-state index in [1.807, 2.05) is 30.3 Å². The number of carbonyl (C=O) groups excluding carboxylic acids is 1. The van der Waals surface area contributed by atoms with Crippen molar-refractivity contribution in [2.24, 2.45) is 5.92 Å². The molecule has 3 aromatic carbocycles. The number of anilines is 1. The van der Waals surface area contributed by atoms with Gasteiger partial charge in [-0.25, -0.2) is 14.9 Å². The van der Waals surface area contributed by atoms with Gasteiger partial charge in [0.15, 0.2) is 11.5 Å². The summed E-state index contributed by atoms with van der Waals surface area (Å²) in [6, 6.07) is 21.6. The highest BCUT2D eigenvalue weighted by molar-refractivity contribution is 5.91. The van der Waals surface area contributed by atoms with E-state index in [0.29, 0.717) is 58.4 Å². The molecule has 11 heteroatoms. The Labute approximate surface area is 277 Å². The first-order valence-corrected chi connectivity index (χ1v) is 15.5. The number of aromatic nitrogens is 1. The number of benzene rings is 3. The van der Waals surface area contributed by atoms with Crippen molar-refractivity contribution in [1.82, 2.24) is 15.8 Å². The van der Waals surface area contributed by atoms with Crippen LogP contribution < -0.4 is 20.4 Å². The van der Waals surface area contributed by atoms with Crippen molar-refractivity contribution in [3.63, 3.8) is 0 Å². The number of phenols is 1. The molecule has 4 N–H and O–H groups in total. The molecule has 1 saturated carbocycles. The van der Waals surface area contributed by atoms with Crippen molar-refractivity contribution in [2.75, 3.05) is 18.6 Å². The van der Waals surface area contributed by atoms with Crippen molar-refractivity contribution < 1.29 is 24.2 Å². The minimum atomic E-state index is -0.688. The van der Waals surface area contributed by atoms with Crippen molar-refractivity contribution in [3.8, 4) is 45.9 Å². The second-order valence-electron chi connectivity index (χ2n) is 12.0. The first-order chi connectivity index (χ1) is 23.3. The lowest BCUT2D eigenvalue weighted by atomic mass is 9.75. The number of nitrogens with one attached hydrogen (secondary N) is 2. The van der Waals surface area contributed by atoms with Crippen LogP contribution in [0, 0.1) is 34.4 Å². The molecule has 1 aromatic heterocycles. The van der Waals surface area contributed by atoms with Crippen molar-refractivity contribution in [3.05, 3.63) is 101 Å². The van der Waals surface area contributed by atoms with Crippen molar-refractivity contribution in [2.45, 2.75) is 37.9 Å². The van der Waals surface area contributed by atoms with E-state index >= 15 is 0 Å². The first-order valence-electron chi connectivity index (χ1n) is 15.5. The molecule has 242 valence electrons. The Kier molecular flexibility index (Phi) is 9.35. The van der Waals surface area contributed by atoms with Crippen LogP contribution in [0.5, 0.6) is 11.5 Å². The van der Waals surface area contributed by atoms with Gasteiger partial charge >= 0.3 is 0 Å². The fourth-order valence-electron chi connectivity index (χ4n) is 6.79. The number of carbonyl (C=O) groups is 1.